The number of nitrogens with zero attached hydrogens (tertiary/aromatic N) is 2. The van der Waals surface area contributed by atoms with Crippen molar-refractivity contribution in [1.29, 1.82) is 0 Å². The van der Waals surface area contributed by atoms with Gasteiger partial charge in [0.1, 0.15) is 11.6 Å². The van der Waals surface area contributed by atoms with Gasteiger partial charge < -0.3 is 15.0 Å². The highest BCUT2D eigenvalue weighted by atomic mass is 16.5. The maximum Gasteiger partial charge on any atom is 0.254 e. The van der Waals surface area contributed by atoms with E-state index in [0.717, 1.165) is 5.56 Å². The van der Waals surface area contributed by atoms with Gasteiger partial charge in [-0.3, -0.25) is 9.59 Å². The summed E-state index contributed by atoms with van der Waals surface area (Å²) in [6, 6.07) is 19.6. The van der Waals surface area contributed by atoms with E-state index in [1.807, 2.05) is 48.5 Å². The average molecular weight is 387 g/mol. The molecule has 146 valence electrons. The molecule has 2 amide bonds. The summed E-state index contributed by atoms with van der Waals surface area (Å²) in [6.07, 6.45) is 1.63. The summed E-state index contributed by atoms with van der Waals surface area (Å²) >= 11 is 0. The number of rotatable bonds is 4. The van der Waals surface area contributed by atoms with Crippen LogP contribution in [0.15, 0.2) is 72.9 Å². The lowest BCUT2D eigenvalue weighted by atomic mass is 9.79. The molecule has 0 radical (unpaired) electrons. The molecule has 1 aliphatic rings. The molecule has 2 heterocycles. The highest BCUT2D eigenvalue weighted by Gasteiger charge is 2.42. The molecule has 0 saturated heterocycles. The van der Waals surface area contributed by atoms with Crippen molar-refractivity contribution >= 4 is 17.6 Å². The number of ether oxygens (including phenoxy) is 1. The summed E-state index contributed by atoms with van der Waals surface area (Å²) in [5.41, 5.74) is 2.11. The Morgan fingerprint density at radius 3 is 2.45 bits per heavy atom. The van der Waals surface area contributed by atoms with E-state index in [1.54, 1.807) is 43.5 Å². The van der Waals surface area contributed by atoms with Crippen molar-refractivity contribution < 1.29 is 14.3 Å². The molecule has 2 unspecified atom stereocenters. The number of fused-ring (bicyclic) bond motifs is 1. The van der Waals surface area contributed by atoms with E-state index in [9.17, 15) is 9.59 Å². The lowest BCUT2D eigenvalue weighted by Gasteiger charge is -2.39. The van der Waals surface area contributed by atoms with Crippen molar-refractivity contribution in [1.82, 2.24) is 9.88 Å². The number of nitrogens with one attached hydrogen (secondary N) is 1. The molecule has 0 spiro atoms. The Hall–Kier alpha value is -3.67. The monoisotopic (exact) mass is 387 g/mol. The van der Waals surface area contributed by atoms with Gasteiger partial charge in [-0.25, -0.2) is 4.98 Å². The van der Waals surface area contributed by atoms with Gasteiger partial charge in [-0.05, 0) is 41.5 Å². The standard InChI is InChI=1S/C23H21N3O3/c1-26-21(15-10-12-16(29-2)13-11-15)20(17-7-3-4-8-18(17)23(26)28)22(27)25-19-9-5-6-14-24-19/h3-14,20-21H,1-2H3,(H,24,25,27). The summed E-state index contributed by atoms with van der Waals surface area (Å²) < 4.78 is 5.25. The maximum atomic E-state index is 13.4. The minimum atomic E-state index is -0.579. The molecule has 1 aliphatic heterocycles. The normalized spacial score (nSPS) is 18.1. The first-order chi connectivity index (χ1) is 14.1. The van der Waals surface area contributed by atoms with Crippen LogP contribution in [0.2, 0.25) is 0 Å². The molecule has 0 aliphatic carbocycles. The van der Waals surface area contributed by atoms with Crippen LogP contribution < -0.4 is 10.1 Å². The van der Waals surface area contributed by atoms with Crippen LogP contribution in [0.3, 0.4) is 0 Å². The van der Waals surface area contributed by atoms with Crippen LogP contribution in [0.1, 0.15) is 33.4 Å². The molecular weight excluding hydrogens is 366 g/mol. The number of pyridine rings is 1. The highest BCUT2D eigenvalue weighted by molar-refractivity contribution is 6.04. The Labute approximate surface area is 169 Å². The van der Waals surface area contributed by atoms with E-state index in [0.29, 0.717) is 22.7 Å². The Kier molecular flexibility index (Phi) is 4.99. The quantitative estimate of drug-likeness (QED) is 0.742. The van der Waals surface area contributed by atoms with Crippen molar-refractivity contribution in [2.24, 2.45) is 0 Å². The lowest BCUT2D eigenvalue weighted by molar-refractivity contribution is -0.119. The van der Waals surface area contributed by atoms with E-state index in [1.165, 1.54) is 0 Å². The SMILES string of the molecule is COc1ccc(C2C(C(=O)Nc3ccccn3)c3ccccc3C(=O)N2C)cc1. The molecule has 6 heteroatoms. The molecule has 0 saturated carbocycles. The first-order valence-electron chi connectivity index (χ1n) is 9.32. The van der Waals surface area contributed by atoms with Gasteiger partial charge >= 0.3 is 0 Å². The maximum absolute atomic E-state index is 13.4. The van der Waals surface area contributed by atoms with Crippen molar-refractivity contribution in [2.75, 3.05) is 19.5 Å². The number of likely N-dealkylation sites (N-methyl/N-ethyl adjacent to an activating group) is 1. The topological polar surface area (TPSA) is 71.5 Å². The van der Waals surface area contributed by atoms with Crippen LogP contribution >= 0.6 is 0 Å². The summed E-state index contributed by atoms with van der Waals surface area (Å²) in [6.45, 7) is 0. The molecule has 3 aromatic rings. The first-order valence-corrected chi connectivity index (χ1v) is 9.32. The molecule has 2 atom stereocenters. The molecule has 6 nitrogen and oxygen atoms in total. The zero-order valence-electron chi connectivity index (χ0n) is 16.2. The fourth-order valence-corrected chi connectivity index (χ4v) is 3.82. The van der Waals surface area contributed by atoms with Gasteiger partial charge in [-0.1, -0.05) is 36.4 Å². The molecule has 1 N–H and O–H groups in total. The number of amides is 2. The van der Waals surface area contributed by atoms with Crippen molar-refractivity contribution in [3.05, 3.63) is 89.6 Å². The molecule has 0 bridgehead atoms. The highest BCUT2D eigenvalue weighted by Crippen LogP contribution is 2.42. The predicted molar refractivity (Wildman–Crippen MR) is 110 cm³/mol. The van der Waals surface area contributed by atoms with Gasteiger partial charge in [-0.2, -0.15) is 0 Å². The van der Waals surface area contributed by atoms with E-state index >= 15 is 0 Å². The number of carbonyl (C=O) groups excluding carboxylic acids is 2. The van der Waals surface area contributed by atoms with E-state index in [-0.39, 0.29) is 11.8 Å². The Bertz CT molecular complexity index is 1030. The number of hydrogen-bond donors (Lipinski definition) is 1. The minimum absolute atomic E-state index is 0.108. The van der Waals surface area contributed by atoms with Crippen molar-refractivity contribution in [2.45, 2.75) is 12.0 Å². The second-order valence-electron chi connectivity index (χ2n) is 6.90. The van der Waals surface area contributed by atoms with Crippen LogP contribution in [-0.2, 0) is 4.79 Å². The molecule has 2 aromatic carbocycles. The van der Waals surface area contributed by atoms with Gasteiger partial charge in [0.25, 0.3) is 5.91 Å². The van der Waals surface area contributed by atoms with E-state index in [2.05, 4.69) is 10.3 Å². The Morgan fingerprint density at radius 2 is 1.76 bits per heavy atom. The van der Waals surface area contributed by atoms with Gasteiger partial charge in [0, 0.05) is 18.8 Å². The predicted octanol–water partition coefficient (Wildman–Crippen LogP) is 3.64. The number of aromatic nitrogens is 1. The zero-order valence-corrected chi connectivity index (χ0v) is 16.2. The number of carbonyl (C=O) groups is 2. The lowest BCUT2D eigenvalue weighted by Crippen LogP contribution is -2.44. The van der Waals surface area contributed by atoms with E-state index < -0.39 is 12.0 Å². The van der Waals surface area contributed by atoms with Crippen LogP contribution in [0.4, 0.5) is 5.82 Å². The minimum Gasteiger partial charge on any atom is -0.497 e. The first kappa shape index (κ1) is 18.7. The van der Waals surface area contributed by atoms with Crippen LogP contribution in [0.25, 0.3) is 0 Å². The number of anilines is 1. The fourth-order valence-electron chi connectivity index (χ4n) is 3.82. The van der Waals surface area contributed by atoms with E-state index in [4.69, 9.17) is 4.74 Å². The van der Waals surface area contributed by atoms with Gasteiger partial charge in [0.2, 0.25) is 5.91 Å². The molecular formula is C23H21N3O3. The van der Waals surface area contributed by atoms with Crippen molar-refractivity contribution in [3.8, 4) is 5.75 Å². The third kappa shape index (κ3) is 3.45. The number of methoxy groups -OCH3 is 1. The summed E-state index contributed by atoms with van der Waals surface area (Å²) in [4.78, 5) is 32.2. The molecule has 29 heavy (non-hydrogen) atoms. The third-order valence-corrected chi connectivity index (χ3v) is 5.24. The third-order valence-electron chi connectivity index (χ3n) is 5.24. The van der Waals surface area contributed by atoms with Gasteiger partial charge in [0.15, 0.2) is 0 Å². The number of benzene rings is 2. The van der Waals surface area contributed by atoms with Crippen LogP contribution in [0, 0.1) is 0 Å². The second-order valence-corrected chi connectivity index (χ2v) is 6.90. The number of hydrogen-bond acceptors (Lipinski definition) is 4. The van der Waals surface area contributed by atoms with Gasteiger partial charge in [0.05, 0.1) is 19.1 Å². The van der Waals surface area contributed by atoms with Crippen molar-refractivity contribution in [3.63, 3.8) is 0 Å². The summed E-state index contributed by atoms with van der Waals surface area (Å²) in [5, 5.41) is 2.90. The molecule has 1 aromatic heterocycles. The van der Waals surface area contributed by atoms with Crippen LogP contribution in [0.5, 0.6) is 5.75 Å². The van der Waals surface area contributed by atoms with Crippen LogP contribution in [-0.4, -0.2) is 35.9 Å². The molecule has 0 fully saturated rings. The average Bonchev–Trinajstić information content (AvgIpc) is 2.77. The Morgan fingerprint density at radius 1 is 1.03 bits per heavy atom. The second kappa shape index (κ2) is 7.75. The summed E-state index contributed by atoms with van der Waals surface area (Å²) in [5.74, 6) is 0.292. The zero-order chi connectivity index (χ0) is 20.4. The van der Waals surface area contributed by atoms with Gasteiger partial charge in [-0.15, -0.1) is 0 Å². The fraction of sp³-hybridized carbons (Fsp3) is 0.174. The largest absolute Gasteiger partial charge is 0.497 e. The Balaban J connectivity index is 1.80. The summed E-state index contributed by atoms with van der Waals surface area (Å²) in [7, 11) is 3.33. The smallest absolute Gasteiger partial charge is 0.254 e. The molecule has 4 rings (SSSR count).